The fourth-order valence-electron chi connectivity index (χ4n) is 5.93. The number of carbonyl (C=O) groups is 1. The summed E-state index contributed by atoms with van der Waals surface area (Å²) in [4.78, 5) is 63.8. The van der Waals surface area contributed by atoms with E-state index >= 15 is 0 Å². The zero-order chi connectivity index (χ0) is 40.9. The second kappa shape index (κ2) is 18.5. The highest BCUT2D eigenvalue weighted by atomic mass is 31.2. The number of anilines is 2. The maximum Gasteiger partial charge on any atom is 0.472 e. The van der Waals surface area contributed by atoms with Crippen molar-refractivity contribution in [2.24, 2.45) is 0 Å². The minimum Gasteiger partial charge on any atom is -0.387 e. The highest BCUT2D eigenvalue weighted by Crippen LogP contribution is 2.51. The third-order valence-corrected chi connectivity index (χ3v) is 10.7. The largest absolute Gasteiger partial charge is 0.472 e. The van der Waals surface area contributed by atoms with Crippen molar-refractivity contribution in [1.29, 1.82) is 0 Å². The molecule has 9 N–H and O–H groups in total. The summed E-state index contributed by atoms with van der Waals surface area (Å²) >= 11 is 0. The Hall–Kier alpha value is -3.06. The zero-order valence-electron chi connectivity index (χ0n) is 30.2. The quantitative estimate of drug-likeness (QED) is 0.0531. The SMILES string of the molecule is CN(C)c1ccc(C(c2ccc(C(=O)NCCCOP(=O)(O)O[C@@H]3[C@H](O)[C@H](O)[C@@H](OP(=O)(O)O)[C@H](OP(=O)(O)O)[C@H]3O)cc2)c2ccc(N(C)C)cc2)cc1. The first kappa shape index (κ1) is 44.7. The van der Waals surface area contributed by atoms with Crippen LogP contribution in [-0.4, -0.2) is 124 Å². The average Bonchev–Trinajstić information content (AvgIpc) is 3.10. The molecule has 1 aliphatic rings. The van der Waals surface area contributed by atoms with Gasteiger partial charge in [-0.3, -0.25) is 22.9 Å². The Morgan fingerprint density at radius 1 is 0.636 bits per heavy atom. The van der Waals surface area contributed by atoms with Gasteiger partial charge < -0.3 is 54.9 Å². The molecule has 0 saturated heterocycles. The Morgan fingerprint density at radius 2 is 1.04 bits per heavy atom. The molecule has 1 unspecified atom stereocenters. The fourth-order valence-corrected chi connectivity index (χ4v) is 8.03. The standard InChI is InChI=1S/C33H46N3O16P3/c1-35(2)24-14-10-21(11-15-24)26(22-12-16-25(17-13-22)36(3)4)20-6-8-23(9-7-20)33(40)34-18-5-19-49-55(47,48)52-30-27(37)28(38)31(50-53(41,42)43)32(29(30)39)51-54(44,45)46/h6-17,26-32,37-39H,5,18-19H2,1-4H3,(H,34,40)(H,47,48)(H2,41,42,43)(H2,44,45,46)/t27-,28+,29+,30-,31-,32-/m1/s1. The van der Waals surface area contributed by atoms with Gasteiger partial charge in [0.15, 0.2) is 0 Å². The van der Waals surface area contributed by atoms with Gasteiger partial charge in [-0.25, -0.2) is 13.7 Å². The lowest BCUT2D eigenvalue weighted by atomic mass is 9.84. The first-order chi connectivity index (χ1) is 25.6. The highest BCUT2D eigenvalue weighted by Gasteiger charge is 2.56. The molecule has 19 nitrogen and oxygen atoms in total. The summed E-state index contributed by atoms with van der Waals surface area (Å²) in [7, 11) is -8.37. The number of carbonyl (C=O) groups excluding carboxylic acids is 1. The lowest BCUT2D eigenvalue weighted by molar-refractivity contribution is -0.212. The van der Waals surface area contributed by atoms with Gasteiger partial charge in [-0.05, 0) is 59.5 Å². The molecular weight excluding hydrogens is 787 g/mol. The molecule has 0 radical (unpaired) electrons. The molecule has 0 bridgehead atoms. The van der Waals surface area contributed by atoms with Crippen molar-refractivity contribution >= 4 is 40.8 Å². The number of benzene rings is 3. The molecule has 7 atom stereocenters. The van der Waals surface area contributed by atoms with E-state index in [0.717, 1.165) is 28.1 Å². The Balaban J connectivity index is 1.36. The van der Waals surface area contributed by atoms with Crippen LogP contribution in [0.4, 0.5) is 11.4 Å². The number of aliphatic hydroxyl groups is 3. The van der Waals surface area contributed by atoms with Gasteiger partial charge in [-0.1, -0.05) is 36.4 Å². The van der Waals surface area contributed by atoms with Crippen LogP contribution >= 0.6 is 23.5 Å². The maximum absolute atomic E-state index is 12.9. The number of rotatable bonds is 17. The Morgan fingerprint density at radius 3 is 1.45 bits per heavy atom. The lowest BCUT2D eigenvalue weighted by Crippen LogP contribution is -2.65. The van der Waals surface area contributed by atoms with Crippen molar-refractivity contribution in [3.8, 4) is 0 Å². The molecule has 304 valence electrons. The topological polar surface area (TPSA) is 286 Å². The molecule has 0 aliphatic heterocycles. The second-order valence-electron chi connectivity index (χ2n) is 13.1. The molecule has 55 heavy (non-hydrogen) atoms. The van der Waals surface area contributed by atoms with E-state index in [1.807, 2.05) is 74.4 Å². The van der Waals surface area contributed by atoms with Crippen LogP contribution in [0.3, 0.4) is 0 Å². The predicted octanol–water partition coefficient (Wildman–Crippen LogP) is 1.67. The molecular formula is C33H46N3O16P3. The van der Waals surface area contributed by atoms with Crippen LogP contribution in [0.5, 0.6) is 0 Å². The van der Waals surface area contributed by atoms with Gasteiger partial charge in [0.25, 0.3) is 5.91 Å². The number of hydrogen-bond donors (Lipinski definition) is 9. The van der Waals surface area contributed by atoms with Gasteiger partial charge in [-0.15, -0.1) is 0 Å². The number of aliphatic hydroxyl groups excluding tert-OH is 3. The summed E-state index contributed by atoms with van der Waals surface area (Å²) in [5, 5.41) is 34.0. The van der Waals surface area contributed by atoms with Crippen molar-refractivity contribution in [2.75, 3.05) is 51.1 Å². The van der Waals surface area contributed by atoms with Crippen molar-refractivity contribution in [3.63, 3.8) is 0 Å². The third-order valence-electron chi connectivity index (χ3n) is 8.65. The fraction of sp³-hybridized carbons (Fsp3) is 0.424. The number of nitrogens with zero attached hydrogens (tertiary/aromatic N) is 2. The number of phosphoric acid groups is 3. The minimum absolute atomic E-state index is 0.0351. The lowest BCUT2D eigenvalue weighted by Gasteiger charge is -2.44. The molecule has 0 heterocycles. The molecule has 1 aliphatic carbocycles. The van der Waals surface area contributed by atoms with E-state index in [4.69, 9.17) is 18.8 Å². The van der Waals surface area contributed by atoms with E-state index in [2.05, 4.69) is 38.6 Å². The number of nitrogens with one attached hydrogen (secondary N) is 1. The van der Waals surface area contributed by atoms with Gasteiger partial charge in [0, 0.05) is 57.6 Å². The average molecular weight is 834 g/mol. The predicted molar refractivity (Wildman–Crippen MR) is 198 cm³/mol. The molecule has 3 aromatic carbocycles. The van der Waals surface area contributed by atoms with Crippen molar-refractivity contribution in [1.82, 2.24) is 5.32 Å². The van der Waals surface area contributed by atoms with Crippen molar-refractivity contribution < 1.29 is 76.4 Å². The highest BCUT2D eigenvalue weighted by molar-refractivity contribution is 7.47. The number of phosphoric ester groups is 3. The van der Waals surface area contributed by atoms with Crippen molar-refractivity contribution in [3.05, 3.63) is 95.1 Å². The third kappa shape index (κ3) is 12.5. The Labute approximate surface area is 317 Å². The van der Waals surface area contributed by atoms with Crippen molar-refractivity contribution in [2.45, 2.75) is 49.0 Å². The Bertz CT molecular complexity index is 1820. The van der Waals surface area contributed by atoms with Gasteiger partial charge >= 0.3 is 23.5 Å². The van der Waals surface area contributed by atoms with E-state index < -0.39 is 72.6 Å². The summed E-state index contributed by atoms with van der Waals surface area (Å²) in [6, 6.07) is 23.5. The van der Waals surface area contributed by atoms with E-state index in [1.165, 1.54) is 0 Å². The van der Waals surface area contributed by atoms with Crippen LogP contribution in [0.1, 0.15) is 39.4 Å². The molecule has 1 fully saturated rings. The summed E-state index contributed by atoms with van der Waals surface area (Å²) in [5.41, 5.74) is 5.51. The van der Waals surface area contributed by atoms with Gasteiger partial charge in [0.1, 0.15) is 36.6 Å². The summed E-state index contributed by atoms with van der Waals surface area (Å²) in [5.74, 6) is -0.570. The molecule has 0 spiro atoms. The zero-order valence-corrected chi connectivity index (χ0v) is 32.9. The van der Waals surface area contributed by atoms with Crippen LogP contribution in [0.25, 0.3) is 0 Å². The van der Waals surface area contributed by atoms with Crippen LogP contribution in [-0.2, 0) is 31.8 Å². The summed E-state index contributed by atoms with van der Waals surface area (Å²) in [6.07, 6.45) is -14.6. The van der Waals surface area contributed by atoms with Crippen LogP contribution in [0, 0.1) is 0 Å². The molecule has 0 aromatic heterocycles. The van der Waals surface area contributed by atoms with Crippen LogP contribution in [0.2, 0.25) is 0 Å². The summed E-state index contributed by atoms with van der Waals surface area (Å²) < 4.78 is 53.6. The van der Waals surface area contributed by atoms with E-state index in [0.29, 0.717) is 5.56 Å². The van der Waals surface area contributed by atoms with Gasteiger partial charge in [0.2, 0.25) is 0 Å². The Kier molecular flexibility index (Phi) is 15.0. The molecule has 22 heteroatoms. The first-order valence-corrected chi connectivity index (χ1v) is 21.2. The van der Waals surface area contributed by atoms with E-state index in [-0.39, 0.29) is 18.9 Å². The van der Waals surface area contributed by atoms with E-state index in [9.17, 15) is 48.5 Å². The first-order valence-electron chi connectivity index (χ1n) is 16.7. The molecule has 3 aromatic rings. The number of hydrogen-bond acceptors (Lipinski definition) is 13. The van der Waals surface area contributed by atoms with E-state index in [1.54, 1.807) is 12.1 Å². The second-order valence-corrected chi connectivity index (χ2v) is 16.9. The van der Waals surface area contributed by atoms with Crippen LogP contribution < -0.4 is 15.1 Å². The maximum atomic E-state index is 12.9. The number of amides is 1. The normalized spacial score (nSPS) is 22.9. The van der Waals surface area contributed by atoms with Crippen LogP contribution in [0.15, 0.2) is 72.8 Å². The van der Waals surface area contributed by atoms with Gasteiger partial charge in [0.05, 0.1) is 6.61 Å². The molecule has 4 rings (SSSR count). The summed E-state index contributed by atoms with van der Waals surface area (Å²) in [6.45, 7) is -0.547. The minimum atomic E-state index is -5.54. The monoisotopic (exact) mass is 833 g/mol. The van der Waals surface area contributed by atoms with Gasteiger partial charge in [-0.2, -0.15) is 0 Å². The molecule has 1 saturated carbocycles. The smallest absolute Gasteiger partial charge is 0.387 e. The molecule has 1 amide bonds.